The predicted molar refractivity (Wildman–Crippen MR) is 62.4 cm³/mol. The van der Waals surface area contributed by atoms with E-state index in [1.807, 2.05) is 0 Å². The second-order valence-corrected chi connectivity index (χ2v) is 3.75. The summed E-state index contributed by atoms with van der Waals surface area (Å²) < 4.78 is 37.2. The summed E-state index contributed by atoms with van der Waals surface area (Å²) in [5, 5.41) is 10.9. The fourth-order valence-electron chi connectivity index (χ4n) is 1.61. The zero-order chi connectivity index (χ0) is 14.6. The Morgan fingerprint density at radius 3 is 2.47 bits per heavy atom. The number of anilines is 1. The van der Waals surface area contributed by atoms with Gasteiger partial charge in [0.05, 0.1) is 4.92 Å². The van der Waals surface area contributed by atoms with Crippen LogP contribution in [0.5, 0.6) is 0 Å². The third-order valence-corrected chi connectivity index (χ3v) is 2.42. The van der Waals surface area contributed by atoms with Crippen molar-refractivity contribution in [2.24, 2.45) is 0 Å². The number of halogens is 3. The maximum absolute atomic E-state index is 12.4. The van der Waals surface area contributed by atoms with E-state index < -0.39 is 23.3 Å². The van der Waals surface area contributed by atoms with Gasteiger partial charge in [-0.05, 0) is 19.1 Å². The Balaban J connectivity index is 3.23. The number of hydrogen-bond acceptors (Lipinski definition) is 4. The third-order valence-electron chi connectivity index (χ3n) is 2.42. The molecule has 1 aromatic rings. The molecule has 0 aliphatic heterocycles. The van der Waals surface area contributed by atoms with Gasteiger partial charge in [0.25, 0.3) is 5.69 Å². The van der Waals surface area contributed by atoms with E-state index in [1.165, 1.54) is 13.0 Å². The second-order valence-electron chi connectivity index (χ2n) is 3.75. The van der Waals surface area contributed by atoms with Gasteiger partial charge in [-0.1, -0.05) is 0 Å². The zero-order valence-electron chi connectivity index (χ0n) is 9.98. The third kappa shape index (κ3) is 3.94. The number of aldehydes is 1. The van der Waals surface area contributed by atoms with Gasteiger partial charge >= 0.3 is 6.18 Å². The SMILES string of the molecule is CCN(CC(F)(F)F)c1ccc(C=O)cc1[N+](=O)[O-]. The molecule has 0 atom stereocenters. The Morgan fingerprint density at radius 1 is 1.42 bits per heavy atom. The molecular formula is C11H11F3N2O3. The first-order valence-electron chi connectivity index (χ1n) is 5.33. The number of nitro groups is 1. The van der Waals surface area contributed by atoms with Crippen molar-refractivity contribution >= 4 is 17.7 Å². The van der Waals surface area contributed by atoms with E-state index in [1.54, 1.807) is 0 Å². The number of carbonyl (C=O) groups excluding carboxylic acids is 1. The molecule has 19 heavy (non-hydrogen) atoms. The number of hydrogen-bond donors (Lipinski definition) is 0. The fourth-order valence-corrected chi connectivity index (χ4v) is 1.61. The van der Waals surface area contributed by atoms with Crippen molar-refractivity contribution in [2.75, 3.05) is 18.0 Å². The number of benzene rings is 1. The van der Waals surface area contributed by atoms with Gasteiger partial charge in [0.2, 0.25) is 0 Å². The van der Waals surface area contributed by atoms with Crippen LogP contribution >= 0.6 is 0 Å². The molecule has 104 valence electrons. The van der Waals surface area contributed by atoms with Crippen LogP contribution in [0.15, 0.2) is 18.2 Å². The number of rotatable bonds is 5. The largest absolute Gasteiger partial charge is 0.405 e. The first-order valence-corrected chi connectivity index (χ1v) is 5.33. The number of nitrogens with zero attached hydrogens (tertiary/aromatic N) is 2. The highest BCUT2D eigenvalue weighted by Crippen LogP contribution is 2.31. The minimum Gasteiger partial charge on any atom is -0.357 e. The average Bonchev–Trinajstić information content (AvgIpc) is 2.34. The summed E-state index contributed by atoms with van der Waals surface area (Å²) in [4.78, 5) is 21.4. The summed E-state index contributed by atoms with van der Waals surface area (Å²) in [5.74, 6) is 0. The zero-order valence-corrected chi connectivity index (χ0v) is 9.98. The fraction of sp³-hybridized carbons (Fsp3) is 0.364. The highest BCUT2D eigenvalue weighted by molar-refractivity contribution is 5.79. The van der Waals surface area contributed by atoms with Crippen molar-refractivity contribution in [3.8, 4) is 0 Å². The van der Waals surface area contributed by atoms with Crippen LogP contribution in [-0.4, -0.2) is 30.5 Å². The predicted octanol–water partition coefficient (Wildman–Crippen LogP) is 2.80. The van der Waals surface area contributed by atoms with Crippen LogP contribution < -0.4 is 4.90 Å². The molecule has 5 nitrogen and oxygen atoms in total. The molecule has 0 aromatic heterocycles. The van der Waals surface area contributed by atoms with Crippen molar-refractivity contribution in [1.82, 2.24) is 0 Å². The van der Waals surface area contributed by atoms with Gasteiger partial charge in [-0.15, -0.1) is 0 Å². The molecule has 1 aromatic carbocycles. The van der Waals surface area contributed by atoms with Crippen LogP contribution in [0.4, 0.5) is 24.5 Å². The maximum atomic E-state index is 12.4. The van der Waals surface area contributed by atoms with E-state index in [0.29, 0.717) is 6.29 Å². The van der Waals surface area contributed by atoms with Gasteiger partial charge in [-0.2, -0.15) is 13.2 Å². The Labute approximate surface area is 106 Å². The molecule has 0 aliphatic rings. The number of carbonyl (C=O) groups is 1. The average molecular weight is 276 g/mol. The van der Waals surface area contributed by atoms with E-state index in [4.69, 9.17) is 0 Å². The summed E-state index contributed by atoms with van der Waals surface area (Å²) in [7, 11) is 0. The van der Waals surface area contributed by atoms with Crippen LogP contribution in [-0.2, 0) is 0 Å². The van der Waals surface area contributed by atoms with Crippen LogP contribution in [0.1, 0.15) is 17.3 Å². The monoisotopic (exact) mass is 276 g/mol. The van der Waals surface area contributed by atoms with Crippen LogP contribution in [0, 0.1) is 10.1 Å². The molecule has 0 saturated carbocycles. The lowest BCUT2D eigenvalue weighted by Crippen LogP contribution is -2.34. The first kappa shape index (κ1) is 14.9. The van der Waals surface area contributed by atoms with E-state index in [9.17, 15) is 28.1 Å². The van der Waals surface area contributed by atoms with Gasteiger partial charge in [0, 0.05) is 18.2 Å². The summed E-state index contributed by atoms with van der Waals surface area (Å²) in [6, 6.07) is 3.35. The number of alkyl halides is 3. The normalized spacial score (nSPS) is 11.2. The minimum atomic E-state index is -4.47. The van der Waals surface area contributed by atoms with Gasteiger partial charge in [-0.3, -0.25) is 14.9 Å². The lowest BCUT2D eigenvalue weighted by atomic mass is 10.1. The quantitative estimate of drug-likeness (QED) is 0.471. The van der Waals surface area contributed by atoms with Crippen molar-refractivity contribution in [3.63, 3.8) is 0 Å². The summed E-state index contributed by atoms with van der Waals surface area (Å²) in [6.07, 6.45) is -4.07. The molecule has 0 unspecified atom stereocenters. The van der Waals surface area contributed by atoms with Gasteiger partial charge in [0.1, 0.15) is 18.5 Å². The highest BCUT2D eigenvalue weighted by Gasteiger charge is 2.32. The molecule has 8 heteroatoms. The Hall–Kier alpha value is -2.12. The van der Waals surface area contributed by atoms with Crippen molar-refractivity contribution in [2.45, 2.75) is 13.1 Å². The highest BCUT2D eigenvalue weighted by atomic mass is 19.4. The summed E-state index contributed by atoms with van der Waals surface area (Å²) in [5.41, 5.74) is -0.635. The smallest absolute Gasteiger partial charge is 0.357 e. The molecule has 0 N–H and O–H groups in total. The Bertz CT molecular complexity index is 489. The molecule has 0 aliphatic carbocycles. The second kappa shape index (κ2) is 5.68. The van der Waals surface area contributed by atoms with Gasteiger partial charge in [-0.25, -0.2) is 0 Å². The van der Waals surface area contributed by atoms with Gasteiger partial charge in [0.15, 0.2) is 0 Å². The summed E-state index contributed by atoms with van der Waals surface area (Å²) in [6.45, 7) is 0.134. The lowest BCUT2D eigenvalue weighted by molar-refractivity contribution is -0.384. The van der Waals surface area contributed by atoms with E-state index in [-0.39, 0.29) is 17.8 Å². The van der Waals surface area contributed by atoms with E-state index in [0.717, 1.165) is 17.0 Å². The summed E-state index contributed by atoms with van der Waals surface area (Å²) >= 11 is 0. The van der Waals surface area contributed by atoms with Crippen molar-refractivity contribution < 1.29 is 22.9 Å². The van der Waals surface area contributed by atoms with E-state index >= 15 is 0 Å². The van der Waals surface area contributed by atoms with Gasteiger partial charge < -0.3 is 4.90 Å². The van der Waals surface area contributed by atoms with Crippen LogP contribution in [0.25, 0.3) is 0 Å². The maximum Gasteiger partial charge on any atom is 0.405 e. The molecule has 0 amide bonds. The van der Waals surface area contributed by atoms with Crippen LogP contribution in [0.2, 0.25) is 0 Å². The first-order chi connectivity index (χ1) is 8.78. The standard InChI is InChI=1S/C11H11F3N2O3/c1-2-15(7-11(12,13)14)9-4-3-8(6-17)5-10(9)16(18)19/h3-6H,2,7H2,1H3. The van der Waals surface area contributed by atoms with E-state index in [2.05, 4.69) is 0 Å². The Morgan fingerprint density at radius 2 is 2.05 bits per heavy atom. The minimum absolute atomic E-state index is 0.0403. The van der Waals surface area contributed by atoms with Crippen LogP contribution in [0.3, 0.4) is 0 Å². The molecule has 1 rings (SSSR count). The molecule has 0 fully saturated rings. The molecule has 0 spiro atoms. The van der Waals surface area contributed by atoms with Crippen molar-refractivity contribution in [3.05, 3.63) is 33.9 Å². The topological polar surface area (TPSA) is 63.5 Å². The lowest BCUT2D eigenvalue weighted by Gasteiger charge is -2.24. The number of nitro benzene ring substituents is 1. The molecule has 0 radical (unpaired) electrons. The van der Waals surface area contributed by atoms with Crippen molar-refractivity contribution in [1.29, 1.82) is 0 Å². The molecule has 0 bridgehead atoms. The Kier molecular flexibility index (Phi) is 4.47. The molecular weight excluding hydrogens is 265 g/mol. The molecule has 0 saturated heterocycles. The molecule has 0 heterocycles.